The van der Waals surface area contributed by atoms with Gasteiger partial charge in [0.15, 0.2) is 0 Å². The van der Waals surface area contributed by atoms with Gasteiger partial charge in [-0.05, 0) is 45.7 Å². The Balaban J connectivity index is 1.65. The van der Waals surface area contributed by atoms with Crippen LogP contribution in [-0.4, -0.2) is 62.0 Å². The minimum atomic E-state index is -0.332. The summed E-state index contributed by atoms with van der Waals surface area (Å²) in [6, 6.07) is 2.43. The van der Waals surface area contributed by atoms with E-state index in [0.29, 0.717) is 11.7 Å². The number of H-pyrrole nitrogens is 1. The van der Waals surface area contributed by atoms with Gasteiger partial charge in [-0.3, -0.25) is 14.5 Å². The fraction of sp³-hybridized carbons (Fsp3) is 0.611. The van der Waals surface area contributed by atoms with E-state index in [2.05, 4.69) is 21.9 Å². The van der Waals surface area contributed by atoms with Crippen molar-refractivity contribution in [3.05, 3.63) is 33.9 Å². The highest BCUT2D eigenvalue weighted by molar-refractivity contribution is 5.94. The maximum atomic E-state index is 13.1. The largest absolute Gasteiger partial charge is 0.334 e. The Morgan fingerprint density at radius 1 is 1.28 bits per heavy atom. The van der Waals surface area contributed by atoms with Crippen LogP contribution in [-0.2, 0) is 0 Å². The zero-order valence-electron chi connectivity index (χ0n) is 14.9. The van der Waals surface area contributed by atoms with Gasteiger partial charge in [0.1, 0.15) is 11.2 Å². The molecule has 2 aromatic heterocycles. The summed E-state index contributed by atoms with van der Waals surface area (Å²) in [7, 11) is 0. The molecule has 0 saturated carbocycles. The summed E-state index contributed by atoms with van der Waals surface area (Å²) in [5, 5.41) is 4.31. The van der Waals surface area contributed by atoms with Crippen molar-refractivity contribution in [1.82, 2.24) is 24.4 Å². The fourth-order valence-electron chi connectivity index (χ4n) is 4.51. The SMILES string of the molecule is CCN1CCCC1C1CCCN1C(=O)c1cn2nc(C)cc2[nH]c1=O. The molecule has 0 spiro atoms. The van der Waals surface area contributed by atoms with Crippen molar-refractivity contribution < 1.29 is 4.79 Å². The minimum absolute atomic E-state index is 0.165. The Morgan fingerprint density at radius 3 is 2.84 bits per heavy atom. The number of carbonyl (C=O) groups is 1. The van der Waals surface area contributed by atoms with Crippen molar-refractivity contribution >= 4 is 11.6 Å². The number of aromatic amines is 1. The number of amides is 1. The van der Waals surface area contributed by atoms with Crippen LogP contribution in [0.5, 0.6) is 0 Å². The molecule has 25 heavy (non-hydrogen) atoms. The van der Waals surface area contributed by atoms with E-state index in [9.17, 15) is 9.59 Å². The normalized spacial score (nSPS) is 24.5. The molecule has 2 unspecified atom stereocenters. The average Bonchev–Trinajstić information content (AvgIpc) is 3.30. The van der Waals surface area contributed by atoms with E-state index in [1.165, 1.54) is 6.42 Å². The number of likely N-dealkylation sites (tertiary alicyclic amines) is 2. The summed E-state index contributed by atoms with van der Waals surface area (Å²) >= 11 is 0. The third-order valence-corrected chi connectivity index (χ3v) is 5.65. The van der Waals surface area contributed by atoms with E-state index in [1.54, 1.807) is 16.8 Å². The number of nitrogens with zero attached hydrogens (tertiary/aromatic N) is 4. The molecule has 7 nitrogen and oxygen atoms in total. The summed E-state index contributed by atoms with van der Waals surface area (Å²) in [6.45, 7) is 6.90. The Bertz CT molecular complexity index is 855. The number of fused-ring (bicyclic) bond motifs is 1. The standard InChI is InChI=1S/C18H25N5O2/c1-3-21-8-4-6-14(21)15-7-5-9-22(15)18(25)13-11-23-16(19-17(13)24)10-12(2)20-23/h10-11,14-15H,3-9H2,1-2H3,(H,19,24). The summed E-state index contributed by atoms with van der Waals surface area (Å²) in [4.78, 5) is 32.7. The molecule has 0 bridgehead atoms. The number of nitrogens with one attached hydrogen (secondary N) is 1. The third kappa shape index (κ3) is 2.76. The Morgan fingerprint density at radius 2 is 2.04 bits per heavy atom. The van der Waals surface area contributed by atoms with Crippen molar-refractivity contribution in [1.29, 1.82) is 0 Å². The van der Waals surface area contributed by atoms with Crippen LogP contribution in [0.1, 0.15) is 48.7 Å². The number of aryl methyl sites for hydroxylation is 1. The molecule has 2 atom stereocenters. The number of likely N-dealkylation sites (N-methyl/N-ethyl adjacent to an activating group) is 1. The molecule has 134 valence electrons. The van der Waals surface area contributed by atoms with E-state index in [1.807, 2.05) is 11.8 Å². The molecule has 0 radical (unpaired) electrons. The van der Waals surface area contributed by atoms with Crippen LogP contribution in [0, 0.1) is 6.92 Å². The van der Waals surface area contributed by atoms with Gasteiger partial charge in [-0.2, -0.15) is 5.10 Å². The van der Waals surface area contributed by atoms with E-state index in [-0.39, 0.29) is 23.1 Å². The van der Waals surface area contributed by atoms with Gasteiger partial charge < -0.3 is 9.88 Å². The second-order valence-electron chi connectivity index (χ2n) is 7.16. The molecule has 2 aliphatic heterocycles. The zero-order valence-corrected chi connectivity index (χ0v) is 14.9. The maximum absolute atomic E-state index is 13.1. The summed E-state index contributed by atoms with van der Waals surface area (Å²) < 4.78 is 1.59. The Kier molecular flexibility index (Phi) is 4.11. The van der Waals surface area contributed by atoms with Crippen LogP contribution in [0.15, 0.2) is 17.1 Å². The topological polar surface area (TPSA) is 73.7 Å². The number of aromatic nitrogens is 3. The number of hydrogen-bond donors (Lipinski definition) is 1. The molecule has 1 N–H and O–H groups in total. The van der Waals surface area contributed by atoms with Crippen LogP contribution in [0.3, 0.4) is 0 Å². The molecule has 4 rings (SSSR count). The van der Waals surface area contributed by atoms with Crippen molar-refractivity contribution in [2.75, 3.05) is 19.6 Å². The summed E-state index contributed by atoms with van der Waals surface area (Å²) in [6.07, 6.45) is 5.93. The lowest BCUT2D eigenvalue weighted by Gasteiger charge is -2.34. The first-order chi connectivity index (χ1) is 12.1. The highest BCUT2D eigenvalue weighted by Crippen LogP contribution is 2.30. The van der Waals surface area contributed by atoms with Crippen molar-refractivity contribution in [2.45, 2.75) is 51.6 Å². The van der Waals surface area contributed by atoms with Gasteiger partial charge in [0.2, 0.25) is 0 Å². The van der Waals surface area contributed by atoms with E-state index in [4.69, 9.17) is 0 Å². The van der Waals surface area contributed by atoms with E-state index in [0.717, 1.165) is 44.6 Å². The first kappa shape index (κ1) is 16.3. The van der Waals surface area contributed by atoms with E-state index >= 15 is 0 Å². The molecule has 0 aromatic carbocycles. The Labute approximate surface area is 146 Å². The van der Waals surface area contributed by atoms with E-state index < -0.39 is 0 Å². The van der Waals surface area contributed by atoms with Gasteiger partial charge in [-0.15, -0.1) is 0 Å². The second-order valence-corrected chi connectivity index (χ2v) is 7.16. The zero-order chi connectivity index (χ0) is 17.6. The molecular weight excluding hydrogens is 318 g/mol. The maximum Gasteiger partial charge on any atom is 0.264 e. The first-order valence-corrected chi connectivity index (χ1v) is 9.23. The van der Waals surface area contributed by atoms with Crippen molar-refractivity contribution in [2.24, 2.45) is 0 Å². The van der Waals surface area contributed by atoms with Gasteiger partial charge in [-0.1, -0.05) is 6.92 Å². The Hall–Kier alpha value is -2.15. The molecule has 7 heteroatoms. The third-order valence-electron chi connectivity index (χ3n) is 5.65. The molecule has 0 aliphatic carbocycles. The predicted octanol–water partition coefficient (Wildman–Crippen LogP) is 1.42. The highest BCUT2D eigenvalue weighted by atomic mass is 16.2. The lowest BCUT2D eigenvalue weighted by atomic mass is 10.0. The van der Waals surface area contributed by atoms with Crippen LogP contribution in [0.2, 0.25) is 0 Å². The van der Waals surface area contributed by atoms with Crippen LogP contribution >= 0.6 is 0 Å². The number of hydrogen-bond acceptors (Lipinski definition) is 4. The van der Waals surface area contributed by atoms with Gasteiger partial charge >= 0.3 is 0 Å². The summed E-state index contributed by atoms with van der Waals surface area (Å²) in [5.41, 5.74) is 1.28. The summed E-state index contributed by atoms with van der Waals surface area (Å²) in [5.74, 6) is -0.165. The van der Waals surface area contributed by atoms with Crippen LogP contribution < -0.4 is 5.56 Å². The predicted molar refractivity (Wildman–Crippen MR) is 94.9 cm³/mol. The molecule has 2 fully saturated rings. The molecule has 2 aromatic rings. The van der Waals surface area contributed by atoms with Gasteiger partial charge in [0.25, 0.3) is 11.5 Å². The quantitative estimate of drug-likeness (QED) is 0.915. The molecule has 4 heterocycles. The van der Waals surface area contributed by atoms with Crippen molar-refractivity contribution in [3.63, 3.8) is 0 Å². The average molecular weight is 343 g/mol. The van der Waals surface area contributed by atoms with Crippen molar-refractivity contribution in [3.8, 4) is 0 Å². The van der Waals surface area contributed by atoms with Gasteiger partial charge in [0.05, 0.1) is 5.69 Å². The van der Waals surface area contributed by atoms with Crippen LogP contribution in [0.4, 0.5) is 0 Å². The number of rotatable bonds is 3. The van der Waals surface area contributed by atoms with Gasteiger partial charge in [-0.25, -0.2) is 4.52 Å². The molecule has 2 saturated heterocycles. The molecule has 2 aliphatic rings. The fourth-order valence-corrected chi connectivity index (χ4v) is 4.51. The monoisotopic (exact) mass is 343 g/mol. The smallest absolute Gasteiger partial charge is 0.264 e. The molecular formula is C18H25N5O2. The van der Waals surface area contributed by atoms with Crippen LogP contribution in [0.25, 0.3) is 5.65 Å². The minimum Gasteiger partial charge on any atom is -0.334 e. The lowest BCUT2D eigenvalue weighted by molar-refractivity contribution is 0.0647. The van der Waals surface area contributed by atoms with Gasteiger partial charge in [0, 0.05) is 30.9 Å². The number of carbonyl (C=O) groups excluding carboxylic acids is 1. The second kappa shape index (κ2) is 6.29. The lowest BCUT2D eigenvalue weighted by Crippen LogP contribution is -2.49. The first-order valence-electron chi connectivity index (χ1n) is 9.23. The highest BCUT2D eigenvalue weighted by Gasteiger charge is 2.39. The molecule has 1 amide bonds.